The van der Waals surface area contributed by atoms with Crippen LogP contribution in [0.5, 0.6) is 11.5 Å². The van der Waals surface area contributed by atoms with Crippen molar-refractivity contribution in [3.63, 3.8) is 0 Å². The van der Waals surface area contributed by atoms with Crippen LogP contribution in [0.4, 0.5) is 5.69 Å². The molecule has 1 fully saturated rings. The fraction of sp³-hybridized carbons (Fsp3) is 0.111. The molecule has 0 atom stereocenters. The molecular formula is C18H15BrN2O3S. The first kappa shape index (κ1) is 17.4. The van der Waals surface area contributed by atoms with Crippen molar-refractivity contribution in [2.24, 2.45) is 0 Å². The normalized spacial score (nSPS) is 15.6. The maximum Gasteiger partial charge on any atom is 0.281 e. The zero-order valence-electron chi connectivity index (χ0n) is 13.5. The molecule has 0 unspecified atom stereocenters. The number of benzene rings is 2. The van der Waals surface area contributed by atoms with Gasteiger partial charge in [0.25, 0.3) is 5.91 Å². The summed E-state index contributed by atoms with van der Waals surface area (Å²) < 4.78 is 5.61. The van der Waals surface area contributed by atoms with Gasteiger partial charge in [-0.1, -0.05) is 18.2 Å². The number of carbonyl (C=O) groups excluding carboxylic acids is 1. The zero-order valence-corrected chi connectivity index (χ0v) is 15.9. The average Bonchev–Trinajstić information content (AvgIpc) is 2.85. The Balaban J connectivity index is 1.99. The molecule has 5 nitrogen and oxygen atoms in total. The average molecular weight is 419 g/mol. The van der Waals surface area contributed by atoms with E-state index in [4.69, 9.17) is 17.0 Å². The molecule has 0 saturated carbocycles. The number of rotatable bonds is 3. The van der Waals surface area contributed by atoms with Gasteiger partial charge in [0.2, 0.25) is 0 Å². The van der Waals surface area contributed by atoms with Crippen molar-refractivity contribution >= 4 is 50.9 Å². The maximum atomic E-state index is 12.8. The SMILES string of the molecule is COc1cc(C=C2NC(=S)N(c3ccccc3C)C2=O)cc(Br)c1O. The molecule has 0 spiro atoms. The van der Waals surface area contributed by atoms with Gasteiger partial charge in [0.05, 0.1) is 17.3 Å². The summed E-state index contributed by atoms with van der Waals surface area (Å²) in [5, 5.41) is 13.2. The quantitative estimate of drug-likeness (QED) is 0.587. The lowest BCUT2D eigenvalue weighted by atomic mass is 10.1. The van der Waals surface area contributed by atoms with E-state index in [2.05, 4.69) is 21.2 Å². The van der Waals surface area contributed by atoms with Crippen LogP contribution in [0.25, 0.3) is 6.08 Å². The number of anilines is 1. The second-order valence-corrected chi connectivity index (χ2v) is 6.71. The number of methoxy groups -OCH3 is 1. The van der Waals surface area contributed by atoms with E-state index in [1.54, 1.807) is 18.2 Å². The van der Waals surface area contributed by atoms with Crippen LogP contribution in [0.1, 0.15) is 11.1 Å². The monoisotopic (exact) mass is 418 g/mol. The summed E-state index contributed by atoms with van der Waals surface area (Å²) in [4.78, 5) is 14.3. The number of halogens is 1. The number of aryl methyl sites for hydroxylation is 1. The minimum Gasteiger partial charge on any atom is -0.503 e. The van der Waals surface area contributed by atoms with E-state index in [0.717, 1.165) is 11.3 Å². The van der Waals surface area contributed by atoms with Crippen LogP contribution in [-0.4, -0.2) is 23.2 Å². The number of thiocarbonyl (C=S) groups is 1. The lowest BCUT2D eigenvalue weighted by Gasteiger charge is -2.16. The van der Waals surface area contributed by atoms with Crippen LogP contribution in [0.15, 0.2) is 46.6 Å². The highest BCUT2D eigenvalue weighted by atomic mass is 79.9. The van der Waals surface area contributed by atoms with Gasteiger partial charge in [0, 0.05) is 0 Å². The minimum atomic E-state index is -0.234. The first-order valence-corrected chi connectivity index (χ1v) is 8.61. The van der Waals surface area contributed by atoms with Gasteiger partial charge in [-0.15, -0.1) is 0 Å². The summed E-state index contributed by atoms with van der Waals surface area (Å²) in [7, 11) is 1.46. The van der Waals surface area contributed by atoms with Crippen LogP contribution in [-0.2, 0) is 4.79 Å². The molecule has 1 aliphatic rings. The van der Waals surface area contributed by atoms with Crippen LogP contribution in [0.2, 0.25) is 0 Å². The summed E-state index contributed by atoms with van der Waals surface area (Å²) in [6, 6.07) is 10.9. The molecule has 0 aromatic heterocycles. The van der Waals surface area contributed by atoms with Crippen molar-refractivity contribution in [3.05, 3.63) is 57.7 Å². The Kier molecular flexibility index (Phi) is 4.78. The fourth-order valence-corrected chi connectivity index (χ4v) is 3.32. The number of phenolic OH excluding ortho intramolecular Hbond substituents is 1. The zero-order chi connectivity index (χ0) is 18.1. The summed E-state index contributed by atoms with van der Waals surface area (Å²) in [6.45, 7) is 1.93. The number of aromatic hydroxyl groups is 1. The number of hydrogen-bond acceptors (Lipinski definition) is 4. The Morgan fingerprint density at radius 3 is 2.72 bits per heavy atom. The highest BCUT2D eigenvalue weighted by molar-refractivity contribution is 9.10. The summed E-state index contributed by atoms with van der Waals surface area (Å²) in [5.74, 6) is 0.0832. The van der Waals surface area contributed by atoms with Gasteiger partial charge in [-0.2, -0.15) is 0 Å². The predicted octanol–water partition coefficient (Wildman–Crippen LogP) is 3.73. The molecule has 3 rings (SSSR count). The topological polar surface area (TPSA) is 61.8 Å². The smallest absolute Gasteiger partial charge is 0.281 e. The van der Waals surface area contributed by atoms with Crippen molar-refractivity contribution in [1.82, 2.24) is 5.32 Å². The molecule has 1 amide bonds. The van der Waals surface area contributed by atoms with Gasteiger partial charge in [0.15, 0.2) is 16.6 Å². The first-order valence-electron chi connectivity index (χ1n) is 7.41. The Morgan fingerprint density at radius 2 is 2.04 bits per heavy atom. The van der Waals surface area contributed by atoms with E-state index in [1.807, 2.05) is 31.2 Å². The van der Waals surface area contributed by atoms with Crippen molar-refractivity contribution < 1.29 is 14.6 Å². The van der Waals surface area contributed by atoms with Crippen molar-refractivity contribution in [3.8, 4) is 11.5 Å². The number of nitrogens with zero attached hydrogens (tertiary/aromatic N) is 1. The molecule has 128 valence electrons. The van der Waals surface area contributed by atoms with Crippen molar-refractivity contribution in [2.75, 3.05) is 12.0 Å². The van der Waals surface area contributed by atoms with Crippen molar-refractivity contribution in [1.29, 1.82) is 0 Å². The lowest BCUT2D eigenvalue weighted by Crippen LogP contribution is -2.30. The highest BCUT2D eigenvalue weighted by Crippen LogP contribution is 2.36. The molecule has 1 heterocycles. The molecule has 0 radical (unpaired) electrons. The van der Waals surface area contributed by atoms with Gasteiger partial charge in [-0.3, -0.25) is 9.69 Å². The van der Waals surface area contributed by atoms with E-state index in [9.17, 15) is 9.90 Å². The van der Waals surface area contributed by atoms with Gasteiger partial charge in [-0.05, 0) is 70.5 Å². The Bertz CT molecular complexity index is 911. The number of phenols is 1. The standard InChI is InChI=1S/C18H15BrN2O3S/c1-10-5-3-4-6-14(10)21-17(23)13(20-18(21)25)8-11-7-12(19)16(22)15(9-11)24-2/h3-9,22H,1-2H3,(H,20,25). The third kappa shape index (κ3) is 3.25. The molecule has 0 bridgehead atoms. The Morgan fingerprint density at radius 1 is 1.32 bits per heavy atom. The third-order valence-corrected chi connectivity index (χ3v) is 4.71. The molecule has 25 heavy (non-hydrogen) atoms. The fourth-order valence-electron chi connectivity index (χ4n) is 2.57. The molecular weight excluding hydrogens is 404 g/mol. The van der Waals surface area contributed by atoms with E-state index in [1.165, 1.54) is 12.0 Å². The van der Waals surface area contributed by atoms with Crippen LogP contribution < -0.4 is 15.0 Å². The van der Waals surface area contributed by atoms with E-state index in [0.29, 0.717) is 26.6 Å². The maximum absolute atomic E-state index is 12.8. The summed E-state index contributed by atoms with van der Waals surface area (Å²) >= 11 is 8.60. The summed E-state index contributed by atoms with van der Waals surface area (Å²) in [5.41, 5.74) is 2.74. The lowest BCUT2D eigenvalue weighted by molar-refractivity contribution is -0.113. The Labute approximate surface area is 159 Å². The molecule has 0 aliphatic carbocycles. The highest BCUT2D eigenvalue weighted by Gasteiger charge is 2.32. The van der Waals surface area contributed by atoms with E-state index >= 15 is 0 Å². The molecule has 1 saturated heterocycles. The predicted molar refractivity (Wildman–Crippen MR) is 105 cm³/mol. The number of amides is 1. The second kappa shape index (κ2) is 6.85. The van der Waals surface area contributed by atoms with Crippen LogP contribution >= 0.6 is 28.1 Å². The minimum absolute atomic E-state index is 0.00687. The first-order chi connectivity index (χ1) is 11.9. The molecule has 2 aromatic carbocycles. The largest absolute Gasteiger partial charge is 0.503 e. The second-order valence-electron chi connectivity index (χ2n) is 5.47. The molecule has 1 aliphatic heterocycles. The van der Waals surface area contributed by atoms with E-state index < -0.39 is 0 Å². The third-order valence-electron chi connectivity index (χ3n) is 3.82. The number of carbonyl (C=O) groups is 1. The number of nitrogens with one attached hydrogen (secondary N) is 1. The molecule has 7 heteroatoms. The number of hydrogen-bond donors (Lipinski definition) is 2. The molecule has 2 aromatic rings. The summed E-state index contributed by atoms with van der Waals surface area (Å²) in [6.07, 6.45) is 1.67. The van der Waals surface area contributed by atoms with Crippen LogP contribution in [0, 0.1) is 6.92 Å². The van der Waals surface area contributed by atoms with Gasteiger partial charge in [-0.25, -0.2) is 0 Å². The molecule has 2 N–H and O–H groups in total. The number of ether oxygens (including phenoxy) is 1. The number of para-hydroxylation sites is 1. The van der Waals surface area contributed by atoms with Gasteiger partial charge in [0.1, 0.15) is 5.70 Å². The van der Waals surface area contributed by atoms with Gasteiger partial charge >= 0.3 is 0 Å². The Hall–Kier alpha value is -2.38. The van der Waals surface area contributed by atoms with Crippen LogP contribution in [0.3, 0.4) is 0 Å². The van der Waals surface area contributed by atoms with Crippen molar-refractivity contribution in [2.45, 2.75) is 6.92 Å². The van der Waals surface area contributed by atoms with Gasteiger partial charge < -0.3 is 15.2 Å². The van der Waals surface area contributed by atoms with E-state index in [-0.39, 0.29) is 11.7 Å².